The van der Waals surface area contributed by atoms with E-state index in [0.29, 0.717) is 41.9 Å². The zero-order valence-corrected chi connectivity index (χ0v) is 18.2. The molecule has 1 aliphatic rings. The van der Waals surface area contributed by atoms with E-state index >= 15 is 0 Å². The fourth-order valence-electron chi connectivity index (χ4n) is 3.57. The van der Waals surface area contributed by atoms with Crippen LogP contribution < -0.4 is 21.0 Å². The van der Waals surface area contributed by atoms with Gasteiger partial charge in [-0.05, 0) is 39.5 Å². The minimum atomic E-state index is -4.41. The monoisotopic (exact) mass is 441 g/mol. The third-order valence-corrected chi connectivity index (χ3v) is 5.80. The van der Waals surface area contributed by atoms with Gasteiger partial charge < -0.3 is 4.90 Å². The standard InChI is InChI=1S/C19H26F3N7S/c1-23-18(24-2)12-28(8-9-29(18)25-3)16-11-15(26-17(27-16)30-4)13-6-5-7-14(10-13)19(20,21)22/h5-7,10-11,23-25H,8-9,12H2,1-4H3. The number of hydrogen-bond acceptors (Lipinski definition) is 8. The lowest BCUT2D eigenvalue weighted by molar-refractivity contribution is -0.137. The highest BCUT2D eigenvalue weighted by Crippen LogP contribution is 2.33. The van der Waals surface area contributed by atoms with Crippen molar-refractivity contribution in [2.45, 2.75) is 17.1 Å². The Bertz CT molecular complexity index is 873. The van der Waals surface area contributed by atoms with Crippen molar-refractivity contribution < 1.29 is 13.2 Å². The van der Waals surface area contributed by atoms with Crippen molar-refractivity contribution in [2.75, 3.05) is 51.9 Å². The summed E-state index contributed by atoms with van der Waals surface area (Å²) in [6.07, 6.45) is -2.56. The molecule has 3 N–H and O–H groups in total. The van der Waals surface area contributed by atoms with Crippen molar-refractivity contribution in [1.82, 2.24) is 31.0 Å². The van der Waals surface area contributed by atoms with Gasteiger partial charge in [-0.2, -0.15) is 13.2 Å². The average Bonchev–Trinajstić information content (AvgIpc) is 2.77. The molecule has 1 aromatic carbocycles. The molecular weight excluding hydrogens is 415 g/mol. The summed E-state index contributed by atoms with van der Waals surface area (Å²) in [4.78, 5) is 11.2. The van der Waals surface area contributed by atoms with Crippen LogP contribution in [0.2, 0.25) is 0 Å². The Kier molecular flexibility index (Phi) is 6.88. The summed E-state index contributed by atoms with van der Waals surface area (Å²) in [7, 11) is 5.60. The first kappa shape index (κ1) is 22.8. The first-order valence-corrected chi connectivity index (χ1v) is 10.7. The highest BCUT2D eigenvalue weighted by Gasteiger charge is 2.39. The molecule has 1 saturated heterocycles. The fourth-order valence-corrected chi connectivity index (χ4v) is 3.95. The van der Waals surface area contributed by atoms with Gasteiger partial charge in [-0.1, -0.05) is 23.9 Å². The number of aromatic nitrogens is 2. The molecule has 0 aliphatic carbocycles. The van der Waals surface area contributed by atoms with Crippen molar-refractivity contribution in [2.24, 2.45) is 0 Å². The molecule has 0 bridgehead atoms. The smallest absolute Gasteiger partial charge is 0.350 e. The SMILES string of the molecule is CNN1CCN(c2cc(-c3cccc(C(F)(F)F)c3)nc(SC)n2)CC1(NC)NC. The predicted octanol–water partition coefficient (Wildman–Crippen LogP) is 2.23. The van der Waals surface area contributed by atoms with Crippen molar-refractivity contribution in [3.05, 3.63) is 35.9 Å². The van der Waals surface area contributed by atoms with Crippen molar-refractivity contribution in [1.29, 1.82) is 0 Å². The van der Waals surface area contributed by atoms with Gasteiger partial charge in [0.15, 0.2) is 10.9 Å². The van der Waals surface area contributed by atoms with Gasteiger partial charge in [0.1, 0.15) is 5.82 Å². The third kappa shape index (κ3) is 4.54. The molecule has 2 aromatic rings. The Labute approximate surface area is 178 Å². The first-order valence-electron chi connectivity index (χ1n) is 9.45. The zero-order chi connectivity index (χ0) is 21.9. The molecule has 0 amide bonds. The molecule has 164 valence electrons. The molecule has 7 nitrogen and oxygen atoms in total. The van der Waals surface area contributed by atoms with Crippen molar-refractivity contribution in [3.63, 3.8) is 0 Å². The summed E-state index contributed by atoms with van der Waals surface area (Å²) < 4.78 is 39.5. The molecule has 1 fully saturated rings. The lowest BCUT2D eigenvalue weighted by Crippen LogP contribution is -2.77. The summed E-state index contributed by atoms with van der Waals surface area (Å²) in [6.45, 7) is 1.96. The maximum absolute atomic E-state index is 13.2. The lowest BCUT2D eigenvalue weighted by Gasteiger charge is -2.50. The van der Waals surface area contributed by atoms with Gasteiger partial charge >= 0.3 is 6.18 Å². The van der Waals surface area contributed by atoms with Gasteiger partial charge in [-0.15, -0.1) is 0 Å². The van der Waals surface area contributed by atoms with Crippen LogP contribution in [0, 0.1) is 0 Å². The van der Waals surface area contributed by atoms with Crippen LogP contribution in [0.1, 0.15) is 5.56 Å². The van der Waals surface area contributed by atoms with Crippen molar-refractivity contribution >= 4 is 17.6 Å². The Morgan fingerprint density at radius 3 is 2.40 bits per heavy atom. The molecule has 0 unspecified atom stereocenters. The van der Waals surface area contributed by atoms with E-state index in [-0.39, 0.29) is 0 Å². The number of hydrogen-bond donors (Lipinski definition) is 3. The van der Waals surface area contributed by atoms with Crippen LogP contribution in [-0.2, 0) is 6.18 Å². The summed E-state index contributed by atoms with van der Waals surface area (Å²) in [5, 5.41) is 9.18. The minimum Gasteiger partial charge on any atom is -0.350 e. The molecule has 0 radical (unpaired) electrons. The van der Waals surface area contributed by atoms with Crippen LogP contribution in [0.15, 0.2) is 35.5 Å². The highest BCUT2D eigenvalue weighted by molar-refractivity contribution is 7.98. The molecular formula is C19H26F3N7S. The quantitative estimate of drug-likeness (QED) is 0.358. The second-order valence-corrected chi connectivity index (χ2v) is 7.61. The first-order chi connectivity index (χ1) is 14.3. The van der Waals surface area contributed by atoms with Gasteiger partial charge in [0.25, 0.3) is 0 Å². The molecule has 0 saturated carbocycles. The van der Waals surface area contributed by atoms with Gasteiger partial charge in [-0.25, -0.2) is 15.0 Å². The number of thioether (sulfide) groups is 1. The van der Waals surface area contributed by atoms with Gasteiger partial charge in [0.05, 0.1) is 17.8 Å². The van der Waals surface area contributed by atoms with E-state index in [1.54, 1.807) is 12.1 Å². The van der Waals surface area contributed by atoms with Crippen LogP contribution in [0.25, 0.3) is 11.3 Å². The number of piperazine rings is 1. The van der Waals surface area contributed by atoms with Crippen LogP contribution >= 0.6 is 11.8 Å². The van der Waals surface area contributed by atoms with Gasteiger partial charge in [-0.3, -0.25) is 16.1 Å². The number of likely N-dealkylation sites (N-methyl/N-ethyl adjacent to an activating group) is 2. The summed E-state index contributed by atoms with van der Waals surface area (Å²) >= 11 is 1.36. The molecule has 2 heterocycles. The minimum absolute atomic E-state index is 0.408. The summed E-state index contributed by atoms with van der Waals surface area (Å²) in [5.41, 5.74) is 3.36. The number of benzene rings is 1. The molecule has 30 heavy (non-hydrogen) atoms. The number of hydrazine groups is 1. The molecule has 1 aliphatic heterocycles. The van der Waals surface area contributed by atoms with E-state index < -0.39 is 17.5 Å². The number of halogens is 3. The zero-order valence-electron chi connectivity index (χ0n) is 17.3. The van der Waals surface area contributed by atoms with Crippen LogP contribution in [0.5, 0.6) is 0 Å². The Morgan fingerprint density at radius 1 is 1.07 bits per heavy atom. The van der Waals surface area contributed by atoms with E-state index in [1.165, 1.54) is 17.8 Å². The van der Waals surface area contributed by atoms with E-state index in [9.17, 15) is 13.2 Å². The molecule has 0 spiro atoms. The topological polar surface area (TPSA) is 68.3 Å². The summed E-state index contributed by atoms with van der Waals surface area (Å²) in [6, 6.07) is 6.97. The highest BCUT2D eigenvalue weighted by atomic mass is 32.2. The van der Waals surface area contributed by atoms with Gasteiger partial charge in [0.2, 0.25) is 0 Å². The second-order valence-electron chi connectivity index (χ2n) is 6.83. The third-order valence-electron chi connectivity index (χ3n) is 5.26. The number of nitrogens with zero attached hydrogens (tertiary/aromatic N) is 4. The second kappa shape index (κ2) is 9.06. The lowest BCUT2D eigenvalue weighted by atomic mass is 10.1. The Balaban J connectivity index is 2.00. The number of nitrogens with one attached hydrogen (secondary N) is 3. The van der Waals surface area contributed by atoms with Crippen molar-refractivity contribution in [3.8, 4) is 11.3 Å². The number of anilines is 1. The number of alkyl halides is 3. The fraction of sp³-hybridized carbons (Fsp3) is 0.474. The normalized spacial score (nSPS) is 17.4. The van der Waals surface area contributed by atoms with Gasteiger partial charge in [0, 0.05) is 24.7 Å². The number of rotatable bonds is 6. The van der Waals surface area contributed by atoms with Crippen LogP contribution in [0.4, 0.5) is 19.0 Å². The van der Waals surface area contributed by atoms with E-state index in [2.05, 4.69) is 35.9 Å². The van der Waals surface area contributed by atoms with E-state index in [4.69, 9.17) is 0 Å². The van der Waals surface area contributed by atoms with E-state index in [0.717, 1.165) is 12.1 Å². The maximum atomic E-state index is 13.2. The largest absolute Gasteiger partial charge is 0.416 e. The van der Waals surface area contributed by atoms with E-state index in [1.807, 2.05) is 27.4 Å². The van der Waals surface area contributed by atoms with Crippen LogP contribution in [0.3, 0.4) is 0 Å². The summed E-state index contributed by atoms with van der Waals surface area (Å²) in [5.74, 6) is 0.140. The van der Waals surface area contributed by atoms with Crippen LogP contribution in [-0.4, -0.2) is 67.8 Å². The molecule has 3 rings (SSSR count). The molecule has 1 aromatic heterocycles. The Hall–Kier alpha value is -1.92. The molecule has 0 atom stereocenters. The average molecular weight is 442 g/mol. The Morgan fingerprint density at radius 2 is 1.80 bits per heavy atom. The predicted molar refractivity (Wildman–Crippen MR) is 113 cm³/mol. The maximum Gasteiger partial charge on any atom is 0.416 e. The molecule has 11 heteroatoms.